The lowest BCUT2D eigenvalue weighted by Gasteiger charge is -2.02. The highest BCUT2D eigenvalue weighted by atomic mass is 16.1. The maximum absolute atomic E-state index is 9.78. The molecule has 4 heteroatoms. The third-order valence-corrected chi connectivity index (χ3v) is 0.763. The number of amides is 1. The molecule has 0 bridgehead atoms. The molecular formula is C5H11N3O. The largest absolute Gasteiger partial charge is 0.359 e. The lowest BCUT2D eigenvalue weighted by molar-refractivity contribution is -0.106. The molecule has 0 aromatic rings. The fraction of sp³-hybridized carbons (Fsp3) is 0.600. The van der Waals surface area contributed by atoms with Gasteiger partial charge in [0.1, 0.15) is 0 Å². The van der Waals surface area contributed by atoms with Gasteiger partial charge in [-0.25, -0.2) is 0 Å². The standard InChI is InChI=1S/C5H11N3O/c1-3-7-5(6-2)8-4-9/h4H,3H2,1-2H3,(H2,6,7,8,9). The van der Waals surface area contributed by atoms with Crippen LogP contribution in [-0.4, -0.2) is 26.0 Å². The van der Waals surface area contributed by atoms with E-state index in [9.17, 15) is 4.79 Å². The summed E-state index contributed by atoms with van der Waals surface area (Å²) >= 11 is 0. The molecule has 0 aliphatic carbocycles. The summed E-state index contributed by atoms with van der Waals surface area (Å²) in [5.74, 6) is 0.507. The first-order chi connectivity index (χ1) is 4.35. The molecule has 0 atom stereocenters. The first-order valence-electron chi connectivity index (χ1n) is 2.78. The van der Waals surface area contributed by atoms with Crippen molar-refractivity contribution < 1.29 is 4.79 Å². The molecule has 0 rings (SSSR count). The van der Waals surface area contributed by atoms with Crippen LogP contribution in [0.1, 0.15) is 6.92 Å². The quantitative estimate of drug-likeness (QED) is 0.295. The number of guanidine groups is 1. The van der Waals surface area contributed by atoms with Crippen LogP contribution < -0.4 is 10.6 Å². The van der Waals surface area contributed by atoms with Crippen LogP contribution in [-0.2, 0) is 4.79 Å². The number of nitrogens with one attached hydrogen (secondary N) is 2. The summed E-state index contributed by atoms with van der Waals surface area (Å²) in [5, 5.41) is 5.55. The zero-order valence-electron chi connectivity index (χ0n) is 5.64. The van der Waals surface area contributed by atoms with Crippen LogP contribution in [0.5, 0.6) is 0 Å². The monoisotopic (exact) mass is 129 g/mol. The molecule has 0 aromatic carbocycles. The third kappa shape index (κ3) is 3.52. The van der Waals surface area contributed by atoms with Gasteiger partial charge in [-0.15, -0.1) is 0 Å². The van der Waals surface area contributed by atoms with E-state index in [1.165, 1.54) is 0 Å². The summed E-state index contributed by atoms with van der Waals surface area (Å²) in [6, 6.07) is 0. The van der Waals surface area contributed by atoms with Crippen LogP contribution >= 0.6 is 0 Å². The molecule has 1 amide bonds. The Morgan fingerprint density at radius 2 is 2.44 bits per heavy atom. The van der Waals surface area contributed by atoms with Crippen molar-refractivity contribution in [3.8, 4) is 0 Å². The van der Waals surface area contributed by atoms with Crippen molar-refractivity contribution in [2.75, 3.05) is 13.6 Å². The number of rotatable bonds is 2. The average molecular weight is 129 g/mol. The summed E-state index contributed by atoms with van der Waals surface area (Å²) in [6.45, 7) is 2.69. The Labute approximate surface area is 54.4 Å². The maximum Gasteiger partial charge on any atom is 0.236 e. The van der Waals surface area contributed by atoms with Crippen LogP contribution in [0.4, 0.5) is 0 Å². The van der Waals surface area contributed by atoms with E-state index in [2.05, 4.69) is 15.6 Å². The predicted molar refractivity (Wildman–Crippen MR) is 36.2 cm³/mol. The van der Waals surface area contributed by atoms with Crippen LogP contribution in [0.25, 0.3) is 0 Å². The lowest BCUT2D eigenvalue weighted by Crippen LogP contribution is -2.34. The van der Waals surface area contributed by atoms with Crippen LogP contribution in [0.2, 0.25) is 0 Å². The lowest BCUT2D eigenvalue weighted by atomic mass is 10.7. The average Bonchev–Trinajstić information content (AvgIpc) is 1.88. The second-order valence-corrected chi connectivity index (χ2v) is 1.36. The van der Waals surface area contributed by atoms with Crippen LogP contribution in [0, 0.1) is 0 Å². The van der Waals surface area contributed by atoms with Gasteiger partial charge in [-0.3, -0.25) is 4.79 Å². The SMILES string of the molecule is CCN/C(=N/C=O)NC. The summed E-state index contributed by atoms with van der Waals surface area (Å²) in [4.78, 5) is 13.2. The van der Waals surface area contributed by atoms with E-state index in [-0.39, 0.29) is 0 Å². The molecule has 9 heavy (non-hydrogen) atoms. The molecule has 0 aliphatic heterocycles. The molecule has 2 N–H and O–H groups in total. The zero-order chi connectivity index (χ0) is 7.11. The normalized spacial score (nSPS) is 10.7. The van der Waals surface area contributed by atoms with Crippen molar-refractivity contribution >= 4 is 12.4 Å². The minimum absolute atomic E-state index is 0.495. The molecule has 52 valence electrons. The zero-order valence-corrected chi connectivity index (χ0v) is 5.64. The Hall–Kier alpha value is -1.06. The minimum Gasteiger partial charge on any atom is -0.359 e. The Morgan fingerprint density at radius 1 is 1.78 bits per heavy atom. The molecule has 0 saturated heterocycles. The molecule has 4 nitrogen and oxygen atoms in total. The molecule has 0 radical (unpaired) electrons. The molecule has 0 fully saturated rings. The number of hydrogen-bond acceptors (Lipinski definition) is 1. The van der Waals surface area contributed by atoms with Crippen molar-refractivity contribution in [1.82, 2.24) is 10.6 Å². The minimum atomic E-state index is 0.495. The second kappa shape index (κ2) is 5.08. The van der Waals surface area contributed by atoms with Gasteiger partial charge >= 0.3 is 0 Å². The maximum atomic E-state index is 9.78. The highest BCUT2D eigenvalue weighted by Gasteiger charge is 1.86. The van der Waals surface area contributed by atoms with E-state index in [4.69, 9.17) is 0 Å². The van der Waals surface area contributed by atoms with Gasteiger partial charge in [-0.05, 0) is 6.92 Å². The van der Waals surface area contributed by atoms with E-state index in [0.717, 1.165) is 6.54 Å². The van der Waals surface area contributed by atoms with E-state index >= 15 is 0 Å². The summed E-state index contributed by atoms with van der Waals surface area (Å²) in [5.41, 5.74) is 0. The smallest absolute Gasteiger partial charge is 0.236 e. The Bertz CT molecular complexity index is 111. The van der Waals surface area contributed by atoms with Crippen molar-refractivity contribution in [3.05, 3.63) is 0 Å². The van der Waals surface area contributed by atoms with E-state index in [1.54, 1.807) is 7.05 Å². The van der Waals surface area contributed by atoms with E-state index < -0.39 is 0 Å². The van der Waals surface area contributed by atoms with Gasteiger partial charge in [-0.2, -0.15) is 4.99 Å². The number of hydrogen-bond donors (Lipinski definition) is 2. The Kier molecular flexibility index (Phi) is 4.49. The van der Waals surface area contributed by atoms with Gasteiger partial charge in [0.15, 0.2) is 5.96 Å². The molecule has 0 spiro atoms. The van der Waals surface area contributed by atoms with E-state index in [0.29, 0.717) is 12.4 Å². The van der Waals surface area contributed by atoms with Gasteiger partial charge in [0, 0.05) is 13.6 Å². The van der Waals surface area contributed by atoms with Crippen LogP contribution in [0.3, 0.4) is 0 Å². The van der Waals surface area contributed by atoms with Gasteiger partial charge in [0.25, 0.3) is 0 Å². The molecule has 0 aliphatic rings. The fourth-order valence-electron chi connectivity index (χ4n) is 0.419. The van der Waals surface area contributed by atoms with Crippen molar-refractivity contribution in [1.29, 1.82) is 0 Å². The van der Waals surface area contributed by atoms with Crippen LogP contribution in [0.15, 0.2) is 4.99 Å². The topological polar surface area (TPSA) is 53.5 Å². The highest BCUT2D eigenvalue weighted by Crippen LogP contribution is 1.61. The first-order valence-corrected chi connectivity index (χ1v) is 2.78. The number of nitrogens with zero attached hydrogens (tertiary/aromatic N) is 1. The Balaban J connectivity index is 3.66. The fourth-order valence-corrected chi connectivity index (χ4v) is 0.419. The summed E-state index contributed by atoms with van der Waals surface area (Å²) < 4.78 is 0. The number of carbonyl (C=O) groups excluding carboxylic acids is 1. The number of aliphatic imine (C=N–C) groups is 1. The Morgan fingerprint density at radius 3 is 2.78 bits per heavy atom. The van der Waals surface area contributed by atoms with Gasteiger partial charge in [-0.1, -0.05) is 0 Å². The molecule has 0 aromatic heterocycles. The molecule has 0 saturated carbocycles. The number of carbonyl (C=O) groups is 1. The summed E-state index contributed by atoms with van der Waals surface area (Å²) in [6.07, 6.45) is 0.495. The van der Waals surface area contributed by atoms with E-state index in [1.807, 2.05) is 6.92 Å². The molecule has 0 heterocycles. The van der Waals surface area contributed by atoms with Crippen molar-refractivity contribution in [3.63, 3.8) is 0 Å². The molecule has 0 unspecified atom stereocenters. The third-order valence-electron chi connectivity index (χ3n) is 0.763. The predicted octanol–water partition coefficient (Wildman–Crippen LogP) is -0.672. The van der Waals surface area contributed by atoms with Gasteiger partial charge < -0.3 is 10.6 Å². The highest BCUT2D eigenvalue weighted by molar-refractivity contribution is 5.85. The molecular weight excluding hydrogens is 118 g/mol. The summed E-state index contributed by atoms with van der Waals surface area (Å²) in [7, 11) is 1.70. The van der Waals surface area contributed by atoms with Crippen molar-refractivity contribution in [2.45, 2.75) is 6.92 Å². The van der Waals surface area contributed by atoms with Crippen molar-refractivity contribution in [2.24, 2.45) is 4.99 Å². The second-order valence-electron chi connectivity index (χ2n) is 1.36. The van der Waals surface area contributed by atoms with Gasteiger partial charge in [0.2, 0.25) is 6.41 Å². The first kappa shape index (κ1) is 7.94. The van der Waals surface area contributed by atoms with Gasteiger partial charge in [0.05, 0.1) is 0 Å².